The standard InChI is InChI=1S/C12H17N5O/c1-3-11(8-18-2)17-12(14-15-16-17)9-4-6-10(13)7-5-9/h4-7,11H,3,8,13H2,1-2H3. The average molecular weight is 247 g/mol. The smallest absolute Gasteiger partial charge is 0.182 e. The quantitative estimate of drug-likeness (QED) is 0.810. The first-order chi connectivity index (χ1) is 8.76. The van der Waals surface area contributed by atoms with Gasteiger partial charge < -0.3 is 10.5 Å². The van der Waals surface area contributed by atoms with E-state index in [9.17, 15) is 0 Å². The normalized spacial score (nSPS) is 12.6. The van der Waals surface area contributed by atoms with Gasteiger partial charge in [0.25, 0.3) is 0 Å². The molecule has 2 aromatic rings. The molecule has 1 aromatic carbocycles. The Kier molecular flexibility index (Phi) is 3.88. The second kappa shape index (κ2) is 5.59. The van der Waals surface area contributed by atoms with Crippen molar-refractivity contribution in [1.29, 1.82) is 0 Å². The number of hydrogen-bond acceptors (Lipinski definition) is 5. The summed E-state index contributed by atoms with van der Waals surface area (Å²) in [6, 6.07) is 7.64. The van der Waals surface area contributed by atoms with Crippen molar-refractivity contribution in [3.05, 3.63) is 24.3 Å². The lowest BCUT2D eigenvalue weighted by Crippen LogP contribution is -2.16. The van der Waals surface area contributed by atoms with Gasteiger partial charge in [-0.3, -0.25) is 0 Å². The van der Waals surface area contributed by atoms with Gasteiger partial charge in [0.2, 0.25) is 0 Å². The van der Waals surface area contributed by atoms with Crippen molar-refractivity contribution < 1.29 is 4.74 Å². The Balaban J connectivity index is 2.34. The number of aromatic nitrogens is 4. The van der Waals surface area contributed by atoms with Crippen LogP contribution >= 0.6 is 0 Å². The Hall–Kier alpha value is -1.95. The number of methoxy groups -OCH3 is 1. The summed E-state index contributed by atoms with van der Waals surface area (Å²) in [7, 11) is 1.68. The summed E-state index contributed by atoms with van der Waals surface area (Å²) >= 11 is 0. The Morgan fingerprint density at radius 2 is 2.06 bits per heavy atom. The molecule has 2 N–H and O–H groups in total. The zero-order chi connectivity index (χ0) is 13.0. The third kappa shape index (κ3) is 2.48. The van der Waals surface area contributed by atoms with E-state index in [1.807, 2.05) is 24.3 Å². The van der Waals surface area contributed by atoms with Crippen LogP contribution in [-0.4, -0.2) is 33.9 Å². The van der Waals surface area contributed by atoms with Crippen LogP contribution in [0.3, 0.4) is 0 Å². The minimum Gasteiger partial charge on any atom is -0.399 e. The number of nitrogens with zero attached hydrogens (tertiary/aromatic N) is 4. The molecule has 0 fully saturated rings. The highest BCUT2D eigenvalue weighted by Gasteiger charge is 2.16. The van der Waals surface area contributed by atoms with E-state index in [1.165, 1.54) is 0 Å². The van der Waals surface area contributed by atoms with Crippen LogP contribution in [0.25, 0.3) is 11.4 Å². The number of rotatable bonds is 5. The van der Waals surface area contributed by atoms with Crippen molar-refractivity contribution in [3.63, 3.8) is 0 Å². The summed E-state index contributed by atoms with van der Waals surface area (Å²) in [6.45, 7) is 2.67. The zero-order valence-corrected chi connectivity index (χ0v) is 10.6. The molecule has 0 aliphatic carbocycles. The van der Waals surface area contributed by atoms with Crippen LogP contribution in [-0.2, 0) is 4.74 Å². The predicted molar refractivity (Wildman–Crippen MR) is 68.9 cm³/mol. The number of nitrogen functional groups attached to an aromatic ring is 1. The third-order valence-electron chi connectivity index (χ3n) is 2.84. The fourth-order valence-electron chi connectivity index (χ4n) is 1.82. The SMILES string of the molecule is CCC(COC)n1nnnc1-c1ccc(N)cc1. The number of hydrogen-bond donors (Lipinski definition) is 1. The maximum atomic E-state index is 5.67. The van der Waals surface area contributed by atoms with Crippen LogP contribution < -0.4 is 5.73 Å². The van der Waals surface area contributed by atoms with Gasteiger partial charge in [0.15, 0.2) is 5.82 Å². The highest BCUT2D eigenvalue weighted by molar-refractivity contribution is 5.58. The number of anilines is 1. The number of tetrazole rings is 1. The molecule has 18 heavy (non-hydrogen) atoms. The van der Waals surface area contributed by atoms with E-state index >= 15 is 0 Å². The van der Waals surface area contributed by atoms with Gasteiger partial charge in [-0.2, -0.15) is 0 Å². The van der Waals surface area contributed by atoms with E-state index < -0.39 is 0 Å². The molecule has 0 saturated heterocycles. The van der Waals surface area contributed by atoms with Crippen LogP contribution in [0.1, 0.15) is 19.4 Å². The molecule has 1 heterocycles. The van der Waals surface area contributed by atoms with E-state index in [1.54, 1.807) is 11.8 Å². The first kappa shape index (κ1) is 12.5. The Bertz CT molecular complexity index is 493. The monoisotopic (exact) mass is 247 g/mol. The van der Waals surface area contributed by atoms with Crippen molar-refractivity contribution in [2.45, 2.75) is 19.4 Å². The molecule has 6 heteroatoms. The average Bonchev–Trinajstić information content (AvgIpc) is 2.86. The van der Waals surface area contributed by atoms with Gasteiger partial charge in [-0.25, -0.2) is 4.68 Å². The minimum absolute atomic E-state index is 0.137. The zero-order valence-electron chi connectivity index (χ0n) is 10.6. The lowest BCUT2D eigenvalue weighted by atomic mass is 10.1. The maximum absolute atomic E-state index is 5.67. The fourth-order valence-corrected chi connectivity index (χ4v) is 1.82. The molecule has 0 bridgehead atoms. The van der Waals surface area contributed by atoms with Gasteiger partial charge in [-0.05, 0) is 41.1 Å². The van der Waals surface area contributed by atoms with Crippen LogP contribution in [0.2, 0.25) is 0 Å². The van der Waals surface area contributed by atoms with Gasteiger partial charge in [-0.15, -0.1) is 5.10 Å². The maximum Gasteiger partial charge on any atom is 0.182 e. The molecular weight excluding hydrogens is 230 g/mol. The van der Waals surface area contributed by atoms with E-state index in [0.29, 0.717) is 6.61 Å². The molecule has 1 aromatic heterocycles. The first-order valence-corrected chi connectivity index (χ1v) is 5.89. The molecule has 0 aliphatic rings. The van der Waals surface area contributed by atoms with Crippen molar-refractivity contribution in [2.75, 3.05) is 19.5 Å². The van der Waals surface area contributed by atoms with Crippen molar-refractivity contribution in [1.82, 2.24) is 20.2 Å². The van der Waals surface area contributed by atoms with Crippen molar-refractivity contribution >= 4 is 5.69 Å². The number of ether oxygens (including phenoxy) is 1. The second-order valence-corrected chi connectivity index (χ2v) is 4.09. The summed E-state index contributed by atoms with van der Waals surface area (Å²) in [4.78, 5) is 0. The molecule has 0 amide bonds. The minimum atomic E-state index is 0.137. The van der Waals surface area contributed by atoms with Gasteiger partial charge in [0.1, 0.15) is 0 Å². The Labute approximate surface area is 106 Å². The molecule has 0 aliphatic heterocycles. The lowest BCUT2D eigenvalue weighted by Gasteiger charge is -2.15. The topological polar surface area (TPSA) is 78.8 Å². The molecule has 1 atom stereocenters. The van der Waals surface area contributed by atoms with Crippen LogP contribution in [0.15, 0.2) is 24.3 Å². The highest BCUT2D eigenvalue weighted by atomic mass is 16.5. The molecular formula is C12H17N5O. The molecule has 1 unspecified atom stereocenters. The molecule has 0 saturated carbocycles. The first-order valence-electron chi connectivity index (χ1n) is 5.89. The van der Waals surface area contributed by atoms with E-state index in [0.717, 1.165) is 23.5 Å². The van der Waals surface area contributed by atoms with E-state index in [-0.39, 0.29) is 6.04 Å². The molecule has 2 rings (SSSR count). The molecule has 6 nitrogen and oxygen atoms in total. The molecule has 0 radical (unpaired) electrons. The molecule has 96 valence electrons. The number of benzene rings is 1. The fraction of sp³-hybridized carbons (Fsp3) is 0.417. The summed E-state index contributed by atoms with van der Waals surface area (Å²) in [6.07, 6.45) is 0.904. The van der Waals surface area contributed by atoms with Crippen LogP contribution in [0.4, 0.5) is 5.69 Å². The van der Waals surface area contributed by atoms with Crippen LogP contribution in [0, 0.1) is 0 Å². The van der Waals surface area contributed by atoms with E-state index in [2.05, 4.69) is 22.4 Å². The van der Waals surface area contributed by atoms with Crippen molar-refractivity contribution in [3.8, 4) is 11.4 Å². The number of nitrogens with two attached hydrogens (primary N) is 1. The van der Waals surface area contributed by atoms with Gasteiger partial charge in [0, 0.05) is 18.4 Å². The Morgan fingerprint density at radius 3 is 2.67 bits per heavy atom. The summed E-state index contributed by atoms with van der Waals surface area (Å²) < 4.78 is 6.99. The third-order valence-corrected chi connectivity index (χ3v) is 2.84. The highest BCUT2D eigenvalue weighted by Crippen LogP contribution is 2.21. The summed E-state index contributed by atoms with van der Waals surface area (Å²) in [5, 5.41) is 11.9. The van der Waals surface area contributed by atoms with E-state index in [4.69, 9.17) is 10.5 Å². The largest absolute Gasteiger partial charge is 0.399 e. The second-order valence-electron chi connectivity index (χ2n) is 4.09. The van der Waals surface area contributed by atoms with Gasteiger partial charge >= 0.3 is 0 Å². The summed E-state index contributed by atoms with van der Waals surface area (Å²) in [5.74, 6) is 0.735. The molecule has 0 spiro atoms. The van der Waals surface area contributed by atoms with Crippen molar-refractivity contribution in [2.24, 2.45) is 0 Å². The lowest BCUT2D eigenvalue weighted by molar-refractivity contribution is 0.147. The predicted octanol–water partition coefficient (Wildman–Crippen LogP) is 1.52. The summed E-state index contributed by atoms with van der Waals surface area (Å²) in [5.41, 5.74) is 7.35. The van der Waals surface area contributed by atoms with Gasteiger partial charge in [0.05, 0.1) is 12.6 Å². The van der Waals surface area contributed by atoms with Crippen LogP contribution in [0.5, 0.6) is 0 Å². The Morgan fingerprint density at radius 1 is 1.33 bits per heavy atom. The van der Waals surface area contributed by atoms with Gasteiger partial charge in [-0.1, -0.05) is 6.92 Å².